The highest BCUT2D eigenvalue weighted by atomic mass is 16.7. The number of ether oxygens (including phenoxy) is 4. The molecule has 3 fully saturated rings. The van der Waals surface area contributed by atoms with Gasteiger partial charge in [-0.25, -0.2) is 0 Å². The Hall–Kier alpha value is -2.52. The number of esters is 1. The van der Waals surface area contributed by atoms with E-state index >= 15 is 0 Å². The summed E-state index contributed by atoms with van der Waals surface area (Å²) in [4.78, 5) is 19.5. The van der Waals surface area contributed by atoms with E-state index in [-0.39, 0.29) is 30.7 Å². The first-order valence-corrected chi connectivity index (χ1v) is 17.2. The number of hydrogen-bond donors (Lipinski definition) is 1. The van der Waals surface area contributed by atoms with Crippen molar-refractivity contribution in [3.8, 4) is 0 Å². The van der Waals surface area contributed by atoms with Gasteiger partial charge in [-0.1, -0.05) is 87.4 Å². The molecule has 4 aliphatic heterocycles. The van der Waals surface area contributed by atoms with Crippen molar-refractivity contribution >= 4 is 11.7 Å². The topological polar surface area (TPSA) is 95.8 Å². The van der Waals surface area contributed by atoms with E-state index in [0.717, 1.165) is 23.3 Å². The molecule has 46 heavy (non-hydrogen) atoms. The van der Waals surface area contributed by atoms with Crippen LogP contribution in [0.5, 0.6) is 0 Å². The van der Waals surface area contributed by atoms with Crippen molar-refractivity contribution in [3.63, 3.8) is 0 Å². The summed E-state index contributed by atoms with van der Waals surface area (Å²) in [5.74, 6) is -1.79. The number of carbonyl (C=O) groups is 1. The van der Waals surface area contributed by atoms with Gasteiger partial charge in [-0.05, 0) is 56.6 Å². The molecule has 0 aromatic carbocycles. The Morgan fingerprint density at radius 2 is 1.91 bits per heavy atom. The molecule has 1 N–H and O–H groups in total. The number of carbonyl (C=O) groups excluding carboxylic acids is 1. The van der Waals surface area contributed by atoms with Crippen molar-refractivity contribution in [2.24, 2.45) is 34.7 Å². The maximum Gasteiger partial charge on any atom is 0.316 e. The van der Waals surface area contributed by atoms with Crippen LogP contribution in [-0.4, -0.2) is 66.3 Å². The largest absolute Gasteiger partial charge is 0.462 e. The highest BCUT2D eigenvalue weighted by Gasteiger charge is 2.59. The zero-order valence-corrected chi connectivity index (χ0v) is 29.2. The summed E-state index contributed by atoms with van der Waals surface area (Å²) in [6, 6.07) is 0. The first kappa shape index (κ1) is 34.8. The van der Waals surface area contributed by atoms with Crippen LogP contribution in [-0.2, 0) is 28.6 Å². The van der Waals surface area contributed by atoms with Gasteiger partial charge in [0.15, 0.2) is 5.79 Å². The van der Waals surface area contributed by atoms with Crippen LogP contribution < -0.4 is 0 Å². The summed E-state index contributed by atoms with van der Waals surface area (Å²) in [6.45, 7) is 17.2. The first-order valence-electron chi connectivity index (χ1n) is 17.2. The number of aliphatic hydroxyl groups is 1. The third-order valence-corrected chi connectivity index (χ3v) is 10.6. The number of allylic oxidation sites excluding steroid dienone is 5. The molecule has 8 nitrogen and oxygen atoms in total. The molecule has 1 spiro atoms. The van der Waals surface area contributed by atoms with E-state index in [1.807, 2.05) is 32.1 Å². The zero-order chi connectivity index (χ0) is 33.4. The standard InChI is InChI=1S/C38H55NO7/c1-22(2)15-26(6)34-28(8)33(39-42-9)20-37(46-34)19-31-18-30(45-37)14-13-24(4)16-23(3)11-10-12-29-21-43-35-27(7)25(5)17-32(36(40)44-31)38(29,35)41/h10-13,15,17,22-23,27-28,30-32,34-35,41H,14,16,18-21H2,1-9H3/b11-10+,24-13+,26-15+,29-12+,39-33?/t23-,27+,28-,30+,31-,32-,34+,35+,37?,38+/m0/s1. The highest BCUT2D eigenvalue weighted by Crippen LogP contribution is 2.49. The van der Waals surface area contributed by atoms with Crippen LogP contribution in [0.3, 0.4) is 0 Å². The van der Waals surface area contributed by atoms with E-state index in [4.69, 9.17) is 23.8 Å². The molecule has 1 unspecified atom stereocenters. The summed E-state index contributed by atoms with van der Waals surface area (Å²) >= 11 is 0. The van der Waals surface area contributed by atoms with E-state index in [9.17, 15) is 9.90 Å². The third kappa shape index (κ3) is 7.01. The van der Waals surface area contributed by atoms with Crippen LogP contribution in [0, 0.1) is 29.6 Å². The van der Waals surface area contributed by atoms with Gasteiger partial charge in [-0.2, -0.15) is 0 Å². The second-order valence-corrected chi connectivity index (χ2v) is 14.9. The van der Waals surface area contributed by atoms with E-state index in [1.165, 1.54) is 5.57 Å². The summed E-state index contributed by atoms with van der Waals surface area (Å²) in [5, 5.41) is 16.8. The lowest BCUT2D eigenvalue weighted by Gasteiger charge is -2.50. The number of hydrogen-bond acceptors (Lipinski definition) is 8. The van der Waals surface area contributed by atoms with E-state index < -0.39 is 35.5 Å². The summed E-state index contributed by atoms with van der Waals surface area (Å²) in [5.41, 5.74) is 3.48. The summed E-state index contributed by atoms with van der Waals surface area (Å²) in [6.07, 6.45) is 13.8. The molecule has 0 saturated carbocycles. The molecule has 4 heterocycles. The molecule has 0 radical (unpaired) electrons. The molecule has 3 saturated heterocycles. The lowest BCUT2D eigenvalue weighted by Crippen LogP contribution is -2.58. The third-order valence-electron chi connectivity index (χ3n) is 10.6. The van der Waals surface area contributed by atoms with Crippen molar-refractivity contribution in [2.75, 3.05) is 13.7 Å². The molecule has 5 rings (SSSR count). The number of fused-ring (bicyclic) bond motifs is 2. The zero-order valence-electron chi connectivity index (χ0n) is 29.2. The molecule has 2 bridgehead atoms. The highest BCUT2D eigenvalue weighted by molar-refractivity contribution is 5.88. The number of oxime groups is 1. The Morgan fingerprint density at radius 3 is 2.63 bits per heavy atom. The van der Waals surface area contributed by atoms with Crippen LogP contribution in [0.4, 0.5) is 0 Å². The van der Waals surface area contributed by atoms with Gasteiger partial charge in [0.25, 0.3) is 0 Å². The maximum atomic E-state index is 14.2. The lowest BCUT2D eigenvalue weighted by atomic mass is 9.68. The van der Waals surface area contributed by atoms with Gasteiger partial charge in [0.05, 0.1) is 30.6 Å². The van der Waals surface area contributed by atoms with Crippen molar-refractivity contribution < 1.29 is 33.7 Å². The fourth-order valence-electron chi connectivity index (χ4n) is 8.18. The number of nitrogens with zero attached hydrogens (tertiary/aromatic N) is 1. The van der Waals surface area contributed by atoms with Gasteiger partial charge < -0.3 is 28.9 Å². The van der Waals surface area contributed by atoms with Crippen molar-refractivity contribution in [1.29, 1.82) is 0 Å². The predicted molar refractivity (Wildman–Crippen MR) is 179 cm³/mol. The number of rotatable bonds is 3. The van der Waals surface area contributed by atoms with Gasteiger partial charge in [0.2, 0.25) is 0 Å². The fraction of sp³-hybridized carbons (Fsp3) is 0.684. The van der Waals surface area contributed by atoms with Crippen molar-refractivity contribution in [3.05, 3.63) is 58.7 Å². The smallest absolute Gasteiger partial charge is 0.316 e. The Bertz CT molecular complexity index is 1340. The minimum absolute atomic E-state index is 0.0103. The van der Waals surface area contributed by atoms with Crippen LogP contribution in [0.15, 0.2) is 63.9 Å². The predicted octanol–water partition coefficient (Wildman–Crippen LogP) is 7.00. The molecule has 0 aromatic rings. The Morgan fingerprint density at radius 1 is 1.15 bits per heavy atom. The van der Waals surface area contributed by atoms with Gasteiger partial charge >= 0.3 is 5.97 Å². The molecule has 8 heteroatoms. The minimum atomic E-state index is -1.49. The van der Waals surface area contributed by atoms with Crippen LogP contribution >= 0.6 is 0 Å². The maximum absolute atomic E-state index is 14.2. The molecule has 1 aliphatic carbocycles. The minimum Gasteiger partial charge on any atom is -0.462 e. The fourth-order valence-corrected chi connectivity index (χ4v) is 8.18. The van der Waals surface area contributed by atoms with Crippen LogP contribution in [0.25, 0.3) is 0 Å². The van der Waals surface area contributed by atoms with Gasteiger partial charge in [0.1, 0.15) is 24.7 Å². The first-order chi connectivity index (χ1) is 21.8. The summed E-state index contributed by atoms with van der Waals surface area (Å²) in [7, 11) is 1.56. The molecular formula is C38H55NO7. The normalized spacial score (nSPS) is 44.5. The average molecular weight is 638 g/mol. The molecule has 254 valence electrons. The van der Waals surface area contributed by atoms with Crippen LogP contribution in [0.1, 0.15) is 87.5 Å². The molecule has 0 aromatic heterocycles. The Kier molecular flexibility index (Phi) is 10.5. The Balaban J connectivity index is 1.55. The SMILES string of the molecule is CON=C1CC2(C[C@@H]3C[C@@H](C/C=C(\C)C[C@@H](C)/C=C/C=C4\CO[C@@H]5[C@H](C)C(C)=C[C@@H](C(=O)O3)[C@]45O)O2)O[C@H](/C(C)=C/C(C)C)[C@H]1C. The molecule has 5 aliphatic rings. The van der Waals surface area contributed by atoms with Crippen molar-refractivity contribution in [2.45, 2.75) is 123 Å². The summed E-state index contributed by atoms with van der Waals surface area (Å²) < 4.78 is 26.4. The van der Waals surface area contributed by atoms with Gasteiger partial charge in [-0.15, -0.1) is 0 Å². The van der Waals surface area contributed by atoms with E-state index in [0.29, 0.717) is 43.1 Å². The average Bonchev–Trinajstić information content (AvgIpc) is 3.31. The molecular weight excluding hydrogens is 582 g/mol. The van der Waals surface area contributed by atoms with Crippen LogP contribution in [0.2, 0.25) is 0 Å². The second kappa shape index (κ2) is 13.9. The van der Waals surface area contributed by atoms with Crippen molar-refractivity contribution in [1.82, 2.24) is 0 Å². The van der Waals surface area contributed by atoms with Gasteiger partial charge in [0, 0.05) is 31.1 Å². The monoisotopic (exact) mass is 637 g/mol. The molecule has 0 amide bonds. The molecule has 10 atom stereocenters. The van der Waals surface area contributed by atoms with E-state index in [1.54, 1.807) is 7.11 Å². The Labute approximate surface area is 275 Å². The quantitative estimate of drug-likeness (QED) is 0.202. The van der Waals surface area contributed by atoms with E-state index in [2.05, 4.69) is 64.9 Å². The second-order valence-electron chi connectivity index (χ2n) is 14.9. The lowest BCUT2D eigenvalue weighted by molar-refractivity contribution is -0.313. The van der Waals surface area contributed by atoms with Gasteiger partial charge in [-0.3, -0.25) is 4.79 Å².